The second-order valence-corrected chi connectivity index (χ2v) is 2.35. The summed E-state index contributed by atoms with van der Waals surface area (Å²) >= 11 is 0. The third kappa shape index (κ3) is 0.956. The summed E-state index contributed by atoms with van der Waals surface area (Å²) in [4.78, 5) is 3.92. The van der Waals surface area contributed by atoms with Crippen LogP contribution in [0.2, 0.25) is 0 Å². The van der Waals surface area contributed by atoms with Crippen molar-refractivity contribution in [1.82, 2.24) is 14.6 Å². The smallest absolute Gasteiger partial charge is 0.197 e. The van der Waals surface area contributed by atoms with Crippen molar-refractivity contribution < 1.29 is 10.2 Å². The van der Waals surface area contributed by atoms with E-state index in [0.29, 0.717) is 5.65 Å². The van der Waals surface area contributed by atoms with Crippen molar-refractivity contribution in [1.29, 1.82) is 0 Å². The van der Waals surface area contributed by atoms with Crippen molar-refractivity contribution in [2.45, 2.75) is 6.29 Å². The molecule has 62 valence electrons. The maximum Gasteiger partial charge on any atom is 0.197 e. The van der Waals surface area contributed by atoms with E-state index in [1.807, 2.05) is 0 Å². The van der Waals surface area contributed by atoms with Gasteiger partial charge in [-0.2, -0.15) is 5.10 Å². The number of aliphatic hydroxyl groups excluding tert-OH is 1. The number of rotatable bonds is 1. The van der Waals surface area contributed by atoms with E-state index in [-0.39, 0.29) is 5.69 Å². The molecule has 2 N–H and O–H groups in total. The lowest BCUT2D eigenvalue weighted by atomic mass is 10.5. The van der Waals surface area contributed by atoms with Gasteiger partial charge < -0.3 is 10.2 Å². The molecule has 0 saturated carbocycles. The molecule has 0 fully saturated rings. The third-order valence-electron chi connectivity index (χ3n) is 1.57. The molecule has 0 bridgehead atoms. The lowest BCUT2D eigenvalue weighted by molar-refractivity contribution is -0.0471. The standard InChI is InChI=1S/C7H7N3O2/c11-7(12)5-4-8-6-2-1-3-9-10(5)6/h1-4,7,11-12H. The molecule has 0 atom stereocenters. The van der Waals surface area contributed by atoms with Crippen LogP contribution in [0.25, 0.3) is 5.65 Å². The molecule has 5 nitrogen and oxygen atoms in total. The van der Waals surface area contributed by atoms with Crippen LogP contribution in [0.15, 0.2) is 24.5 Å². The maximum absolute atomic E-state index is 8.87. The summed E-state index contributed by atoms with van der Waals surface area (Å²) in [6, 6.07) is 3.47. The van der Waals surface area contributed by atoms with Gasteiger partial charge in [0, 0.05) is 6.20 Å². The second-order valence-electron chi connectivity index (χ2n) is 2.35. The summed E-state index contributed by atoms with van der Waals surface area (Å²) in [6.45, 7) is 0. The van der Waals surface area contributed by atoms with E-state index in [1.54, 1.807) is 18.3 Å². The minimum atomic E-state index is -1.53. The van der Waals surface area contributed by atoms with Crippen LogP contribution < -0.4 is 0 Å². The topological polar surface area (TPSA) is 70.7 Å². The molecule has 5 heteroatoms. The molecule has 2 heterocycles. The van der Waals surface area contributed by atoms with Crippen LogP contribution in [-0.4, -0.2) is 24.8 Å². The van der Waals surface area contributed by atoms with Gasteiger partial charge in [0.15, 0.2) is 11.9 Å². The quantitative estimate of drug-likeness (QED) is 0.570. The maximum atomic E-state index is 8.87. The first-order valence-corrected chi connectivity index (χ1v) is 3.44. The van der Waals surface area contributed by atoms with Crippen LogP contribution in [0.1, 0.15) is 12.0 Å². The Kier molecular flexibility index (Phi) is 1.53. The summed E-state index contributed by atoms with van der Waals surface area (Å²) in [6.07, 6.45) is 1.41. The first-order valence-electron chi connectivity index (χ1n) is 3.44. The fraction of sp³-hybridized carbons (Fsp3) is 0.143. The van der Waals surface area contributed by atoms with E-state index in [4.69, 9.17) is 10.2 Å². The highest BCUT2D eigenvalue weighted by Gasteiger charge is 2.09. The van der Waals surface area contributed by atoms with E-state index in [1.165, 1.54) is 10.7 Å². The van der Waals surface area contributed by atoms with Gasteiger partial charge in [-0.1, -0.05) is 0 Å². The Hall–Kier alpha value is -1.46. The van der Waals surface area contributed by atoms with Gasteiger partial charge in [-0.25, -0.2) is 9.50 Å². The Morgan fingerprint density at radius 1 is 1.42 bits per heavy atom. The van der Waals surface area contributed by atoms with Crippen molar-refractivity contribution >= 4 is 5.65 Å². The Labute approximate surface area is 67.9 Å². The molecule has 0 spiro atoms. The van der Waals surface area contributed by atoms with E-state index >= 15 is 0 Å². The van der Waals surface area contributed by atoms with Crippen LogP contribution in [0.4, 0.5) is 0 Å². The Morgan fingerprint density at radius 3 is 3.00 bits per heavy atom. The minimum absolute atomic E-state index is 0.269. The van der Waals surface area contributed by atoms with Gasteiger partial charge in [0.05, 0.1) is 6.20 Å². The number of aromatic nitrogens is 3. The van der Waals surface area contributed by atoms with Crippen molar-refractivity contribution in [3.63, 3.8) is 0 Å². The molecule has 2 aromatic heterocycles. The zero-order valence-corrected chi connectivity index (χ0v) is 6.12. The van der Waals surface area contributed by atoms with Crippen molar-refractivity contribution in [3.05, 3.63) is 30.2 Å². The highest BCUT2D eigenvalue weighted by Crippen LogP contribution is 2.09. The monoisotopic (exact) mass is 165 g/mol. The number of hydrogen-bond donors (Lipinski definition) is 2. The molecule has 0 aliphatic carbocycles. The number of nitrogens with zero attached hydrogens (tertiary/aromatic N) is 3. The third-order valence-corrected chi connectivity index (χ3v) is 1.57. The molecular weight excluding hydrogens is 158 g/mol. The van der Waals surface area contributed by atoms with E-state index in [2.05, 4.69) is 10.1 Å². The molecule has 12 heavy (non-hydrogen) atoms. The number of aliphatic hydroxyl groups is 2. The predicted octanol–water partition coefficient (Wildman–Crippen LogP) is -0.288. The van der Waals surface area contributed by atoms with Crippen LogP contribution >= 0.6 is 0 Å². The fourth-order valence-electron chi connectivity index (χ4n) is 1.02. The molecule has 0 saturated heterocycles. The summed E-state index contributed by atoms with van der Waals surface area (Å²) in [7, 11) is 0. The molecule has 0 unspecified atom stereocenters. The normalized spacial score (nSPS) is 11.2. The zero-order valence-electron chi connectivity index (χ0n) is 6.12. The molecule has 0 radical (unpaired) electrons. The second kappa shape index (κ2) is 2.54. The zero-order chi connectivity index (χ0) is 8.55. The molecule has 2 aromatic rings. The predicted molar refractivity (Wildman–Crippen MR) is 40.2 cm³/mol. The van der Waals surface area contributed by atoms with Gasteiger partial charge >= 0.3 is 0 Å². The number of hydrogen-bond acceptors (Lipinski definition) is 4. The summed E-state index contributed by atoms with van der Waals surface area (Å²) in [5, 5.41) is 21.6. The Morgan fingerprint density at radius 2 is 2.25 bits per heavy atom. The Balaban J connectivity index is 2.70. The largest absolute Gasteiger partial charge is 0.363 e. The van der Waals surface area contributed by atoms with Gasteiger partial charge in [0.25, 0.3) is 0 Å². The molecule has 0 amide bonds. The lowest BCUT2D eigenvalue weighted by Crippen LogP contribution is -2.01. The first kappa shape index (κ1) is 7.20. The molecular formula is C7H7N3O2. The summed E-state index contributed by atoms with van der Waals surface area (Å²) < 4.78 is 1.38. The highest BCUT2D eigenvalue weighted by molar-refractivity contribution is 5.37. The van der Waals surface area contributed by atoms with Gasteiger partial charge in [-0.15, -0.1) is 0 Å². The minimum Gasteiger partial charge on any atom is -0.363 e. The summed E-state index contributed by atoms with van der Waals surface area (Å²) in [5.74, 6) is 0. The van der Waals surface area contributed by atoms with Crippen LogP contribution in [0.5, 0.6) is 0 Å². The SMILES string of the molecule is OC(O)c1cnc2cccnn12. The average molecular weight is 165 g/mol. The fourth-order valence-corrected chi connectivity index (χ4v) is 1.02. The first-order chi connectivity index (χ1) is 5.79. The van der Waals surface area contributed by atoms with E-state index in [0.717, 1.165) is 0 Å². The van der Waals surface area contributed by atoms with Gasteiger partial charge in [0.2, 0.25) is 0 Å². The van der Waals surface area contributed by atoms with Gasteiger partial charge in [-0.3, -0.25) is 0 Å². The molecule has 2 rings (SSSR count). The van der Waals surface area contributed by atoms with Crippen molar-refractivity contribution in [2.75, 3.05) is 0 Å². The van der Waals surface area contributed by atoms with Crippen molar-refractivity contribution in [2.24, 2.45) is 0 Å². The lowest BCUT2D eigenvalue weighted by Gasteiger charge is -2.00. The van der Waals surface area contributed by atoms with E-state index < -0.39 is 6.29 Å². The summed E-state index contributed by atoms with van der Waals surface area (Å²) in [5.41, 5.74) is 0.867. The highest BCUT2D eigenvalue weighted by atomic mass is 16.5. The van der Waals surface area contributed by atoms with Crippen LogP contribution in [-0.2, 0) is 0 Å². The van der Waals surface area contributed by atoms with Gasteiger partial charge in [-0.05, 0) is 12.1 Å². The van der Waals surface area contributed by atoms with Crippen LogP contribution in [0.3, 0.4) is 0 Å². The van der Waals surface area contributed by atoms with E-state index in [9.17, 15) is 0 Å². The molecule has 0 aliphatic heterocycles. The van der Waals surface area contributed by atoms with Crippen LogP contribution in [0, 0.1) is 0 Å². The average Bonchev–Trinajstić information content (AvgIpc) is 2.47. The molecule has 0 aromatic carbocycles. The molecule has 0 aliphatic rings. The number of imidazole rings is 1. The number of fused-ring (bicyclic) bond motifs is 1. The van der Waals surface area contributed by atoms with Crippen molar-refractivity contribution in [3.8, 4) is 0 Å². The van der Waals surface area contributed by atoms with Gasteiger partial charge in [0.1, 0.15) is 5.69 Å². The Bertz CT molecular complexity index is 396.